The first-order chi connectivity index (χ1) is 13.6. The van der Waals surface area contributed by atoms with E-state index in [1.54, 1.807) is 18.2 Å². The molecule has 0 unspecified atom stereocenters. The molecule has 7 nitrogen and oxygen atoms in total. The average Bonchev–Trinajstić information content (AvgIpc) is 3.18. The second-order valence-electron chi connectivity index (χ2n) is 6.21. The predicted molar refractivity (Wildman–Crippen MR) is 111 cm³/mol. The number of tetrazole rings is 1. The molecule has 2 aromatic carbocycles. The molecule has 0 amide bonds. The molecular weight excluding hydrogens is 423 g/mol. The van der Waals surface area contributed by atoms with Crippen molar-refractivity contribution in [3.63, 3.8) is 0 Å². The van der Waals surface area contributed by atoms with Crippen molar-refractivity contribution in [3.8, 4) is 5.69 Å². The Balaban J connectivity index is 1.58. The van der Waals surface area contributed by atoms with E-state index < -0.39 is 0 Å². The van der Waals surface area contributed by atoms with Crippen molar-refractivity contribution in [2.45, 2.75) is 6.54 Å². The van der Waals surface area contributed by atoms with Crippen LogP contribution in [-0.2, 0) is 11.3 Å². The van der Waals surface area contributed by atoms with Crippen LogP contribution < -0.4 is 10.2 Å². The van der Waals surface area contributed by atoms with Crippen molar-refractivity contribution in [2.75, 3.05) is 36.5 Å². The summed E-state index contributed by atoms with van der Waals surface area (Å²) in [5.74, 6) is 0.465. The molecule has 1 aliphatic rings. The summed E-state index contributed by atoms with van der Waals surface area (Å²) < 4.78 is 6.98. The number of ether oxygens (including phenoxy) is 1. The molecule has 0 spiro atoms. The van der Waals surface area contributed by atoms with Crippen molar-refractivity contribution in [1.82, 2.24) is 20.2 Å². The van der Waals surface area contributed by atoms with Crippen LogP contribution in [0.1, 0.15) is 5.56 Å². The summed E-state index contributed by atoms with van der Waals surface area (Å²) in [6, 6.07) is 11.2. The third-order valence-corrected chi connectivity index (χ3v) is 5.51. The fourth-order valence-corrected chi connectivity index (χ4v) is 3.62. The van der Waals surface area contributed by atoms with Gasteiger partial charge < -0.3 is 15.0 Å². The van der Waals surface area contributed by atoms with Crippen LogP contribution in [0.5, 0.6) is 0 Å². The van der Waals surface area contributed by atoms with E-state index in [0.717, 1.165) is 24.3 Å². The maximum absolute atomic E-state index is 6.31. The number of anilines is 2. The minimum Gasteiger partial charge on any atom is -0.378 e. The SMILES string of the molecule is Clc1ccc(CNc2nnnn2-c2cccc(Cl)c2Cl)c(N2CCOCC2)c1. The Kier molecular flexibility index (Phi) is 5.87. The molecule has 0 saturated carbocycles. The smallest absolute Gasteiger partial charge is 0.248 e. The molecule has 28 heavy (non-hydrogen) atoms. The highest BCUT2D eigenvalue weighted by Gasteiger charge is 2.17. The van der Waals surface area contributed by atoms with Crippen LogP contribution in [0.15, 0.2) is 36.4 Å². The number of halogens is 3. The van der Waals surface area contributed by atoms with Gasteiger partial charge in [0.25, 0.3) is 0 Å². The van der Waals surface area contributed by atoms with Gasteiger partial charge in [-0.25, -0.2) is 0 Å². The zero-order chi connectivity index (χ0) is 19.5. The van der Waals surface area contributed by atoms with Gasteiger partial charge in [0.05, 0.1) is 28.9 Å². The van der Waals surface area contributed by atoms with Gasteiger partial charge in [0.1, 0.15) is 0 Å². The highest BCUT2D eigenvalue weighted by Crippen LogP contribution is 2.30. The molecule has 1 aliphatic heterocycles. The van der Waals surface area contributed by atoms with Crippen molar-refractivity contribution < 1.29 is 4.74 Å². The van der Waals surface area contributed by atoms with E-state index in [1.807, 2.05) is 18.2 Å². The lowest BCUT2D eigenvalue weighted by molar-refractivity contribution is 0.122. The molecule has 1 N–H and O–H groups in total. The lowest BCUT2D eigenvalue weighted by atomic mass is 10.1. The average molecular weight is 440 g/mol. The molecule has 2 heterocycles. The Labute approximate surface area is 177 Å². The molecule has 146 valence electrons. The molecule has 1 fully saturated rings. The van der Waals surface area contributed by atoms with Gasteiger partial charge in [0.15, 0.2) is 0 Å². The molecule has 10 heteroatoms. The van der Waals surface area contributed by atoms with Crippen LogP contribution >= 0.6 is 34.8 Å². The third-order valence-electron chi connectivity index (χ3n) is 4.46. The largest absolute Gasteiger partial charge is 0.378 e. The van der Waals surface area contributed by atoms with Crippen LogP contribution in [0.25, 0.3) is 5.69 Å². The van der Waals surface area contributed by atoms with E-state index in [1.165, 1.54) is 4.68 Å². The second-order valence-corrected chi connectivity index (χ2v) is 7.43. The van der Waals surface area contributed by atoms with Gasteiger partial charge in [-0.15, -0.1) is 0 Å². The number of aromatic nitrogens is 4. The van der Waals surface area contributed by atoms with E-state index in [4.69, 9.17) is 39.5 Å². The van der Waals surface area contributed by atoms with Gasteiger partial charge in [-0.2, -0.15) is 4.68 Å². The third kappa shape index (κ3) is 4.03. The fraction of sp³-hybridized carbons (Fsp3) is 0.278. The summed E-state index contributed by atoms with van der Waals surface area (Å²) in [6.45, 7) is 3.56. The maximum Gasteiger partial charge on any atom is 0.248 e. The summed E-state index contributed by atoms with van der Waals surface area (Å²) >= 11 is 18.7. The van der Waals surface area contributed by atoms with Gasteiger partial charge in [-0.05, 0) is 40.3 Å². The van der Waals surface area contributed by atoms with Crippen LogP contribution in [0.3, 0.4) is 0 Å². The Morgan fingerprint density at radius 2 is 1.86 bits per heavy atom. The minimum atomic E-state index is 0.389. The maximum atomic E-state index is 6.31. The summed E-state index contributed by atoms with van der Waals surface area (Å²) in [7, 11) is 0. The number of benzene rings is 2. The van der Waals surface area contributed by atoms with Gasteiger partial charge in [0, 0.05) is 30.3 Å². The lowest BCUT2D eigenvalue weighted by Gasteiger charge is -2.30. The van der Waals surface area contributed by atoms with Crippen molar-refractivity contribution in [1.29, 1.82) is 0 Å². The molecule has 3 aromatic rings. The normalized spacial score (nSPS) is 14.3. The summed E-state index contributed by atoms with van der Waals surface area (Å²) in [4.78, 5) is 2.27. The first-order valence-electron chi connectivity index (χ1n) is 8.71. The van der Waals surface area contributed by atoms with E-state index >= 15 is 0 Å². The number of rotatable bonds is 5. The van der Waals surface area contributed by atoms with Crippen molar-refractivity contribution >= 4 is 46.4 Å². The van der Waals surface area contributed by atoms with E-state index in [2.05, 4.69) is 25.7 Å². The minimum absolute atomic E-state index is 0.389. The Bertz CT molecular complexity index is 974. The predicted octanol–water partition coefficient (Wildman–Crippen LogP) is 4.07. The number of nitrogens with one attached hydrogen (secondary N) is 1. The Hall–Kier alpha value is -2.06. The van der Waals surface area contributed by atoms with Gasteiger partial charge >= 0.3 is 0 Å². The van der Waals surface area contributed by atoms with Crippen LogP contribution in [0.2, 0.25) is 15.1 Å². The number of nitrogens with zero attached hydrogens (tertiary/aromatic N) is 5. The molecule has 0 atom stereocenters. The van der Waals surface area contributed by atoms with Crippen molar-refractivity contribution in [3.05, 3.63) is 57.0 Å². The summed E-state index contributed by atoms with van der Waals surface area (Å²) in [5, 5.41) is 16.7. The molecular formula is C18H17Cl3N6O. The van der Waals surface area contributed by atoms with Crippen molar-refractivity contribution in [2.24, 2.45) is 0 Å². The molecule has 1 saturated heterocycles. The van der Waals surface area contributed by atoms with Gasteiger partial charge in [-0.3, -0.25) is 0 Å². The summed E-state index contributed by atoms with van der Waals surface area (Å²) in [5.41, 5.74) is 2.76. The van der Waals surface area contributed by atoms with E-state index in [9.17, 15) is 0 Å². The first-order valence-corrected chi connectivity index (χ1v) is 9.84. The molecule has 0 bridgehead atoms. The highest BCUT2D eigenvalue weighted by molar-refractivity contribution is 6.43. The number of hydrogen-bond donors (Lipinski definition) is 1. The van der Waals surface area contributed by atoms with E-state index in [-0.39, 0.29) is 0 Å². The van der Waals surface area contributed by atoms with Crippen LogP contribution in [-0.4, -0.2) is 46.5 Å². The van der Waals surface area contributed by atoms with Crippen LogP contribution in [0, 0.1) is 0 Å². The lowest BCUT2D eigenvalue weighted by Crippen LogP contribution is -2.37. The van der Waals surface area contributed by atoms with Gasteiger partial charge in [0.2, 0.25) is 5.95 Å². The summed E-state index contributed by atoms with van der Waals surface area (Å²) in [6.07, 6.45) is 0. The quantitative estimate of drug-likeness (QED) is 0.646. The van der Waals surface area contributed by atoms with Gasteiger partial charge in [-0.1, -0.05) is 52.0 Å². The highest BCUT2D eigenvalue weighted by atomic mass is 35.5. The molecule has 1 aromatic heterocycles. The van der Waals surface area contributed by atoms with E-state index in [0.29, 0.717) is 46.5 Å². The standard InChI is InChI=1S/C18H17Cl3N6O/c19-13-5-4-12(16(10-13)26-6-8-28-9-7-26)11-22-18-23-24-25-27(18)15-3-1-2-14(20)17(15)21/h1-5,10H,6-9,11H2,(H,22,23,25). The number of morpholine rings is 1. The monoisotopic (exact) mass is 438 g/mol. The van der Waals surface area contributed by atoms with Crippen LogP contribution in [0.4, 0.5) is 11.6 Å². The molecule has 0 aliphatic carbocycles. The molecule has 0 radical (unpaired) electrons. The first kappa shape index (κ1) is 19.3. The topological polar surface area (TPSA) is 68.1 Å². The fourth-order valence-electron chi connectivity index (χ4n) is 3.07. The second kappa shape index (κ2) is 8.53. The molecule has 4 rings (SSSR count). The Morgan fingerprint density at radius 1 is 1.04 bits per heavy atom. The zero-order valence-electron chi connectivity index (χ0n) is 14.8. The Morgan fingerprint density at radius 3 is 2.68 bits per heavy atom. The zero-order valence-corrected chi connectivity index (χ0v) is 17.0. The number of hydrogen-bond acceptors (Lipinski definition) is 6.